The maximum absolute atomic E-state index is 11.5. The highest BCUT2D eigenvalue weighted by atomic mass is 79.9. The lowest BCUT2D eigenvalue weighted by atomic mass is 10.1. The molecule has 0 bridgehead atoms. The minimum atomic E-state index is -1.02. The van der Waals surface area contributed by atoms with Crippen LogP contribution >= 0.6 is 27.7 Å². The largest absolute Gasteiger partial charge is 0.481 e. The lowest BCUT2D eigenvalue weighted by molar-refractivity contribution is -0.138. The molecule has 1 aliphatic rings. The van der Waals surface area contributed by atoms with Gasteiger partial charge in [-0.2, -0.15) is 5.10 Å². The van der Waals surface area contributed by atoms with Gasteiger partial charge in [0, 0.05) is 4.47 Å². The standard InChI is InChI=1S/C13H12BrN3O3S/c1-7(8-2-4-9(14)5-3-8)16-17-13-15-12(20)10(21-13)6-11(18)19/h2-5,10H,6H2,1H3,(H,18,19)(H,15,17,20)/b16-7-/t10-/m1/s1. The molecule has 6 nitrogen and oxygen atoms in total. The summed E-state index contributed by atoms with van der Waals surface area (Å²) in [6.45, 7) is 1.81. The van der Waals surface area contributed by atoms with Gasteiger partial charge in [0.05, 0.1) is 12.1 Å². The molecule has 0 unspecified atom stereocenters. The van der Waals surface area contributed by atoms with E-state index in [0.717, 1.165) is 21.8 Å². The molecular formula is C13H12BrN3O3S. The Morgan fingerprint density at radius 2 is 2.10 bits per heavy atom. The Morgan fingerprint density at radius 3 is 2.71 bits per heavy atom. The molecule has 0 saturated carbocycles. The molecule has 0 aromatic heterocycles. The van der Waals surface area contributed by atoms with E-state index < -0.39 is 11.2 Å². The molecule has 1 saturated heterocycles. The molecule has 0 radical (unpaired) electrons. The molecule has 2 N–H and O–H groups in total. The average Bonchev–Trinajstić information content (AvgIpc) is 2.77. The molecular weight excluding hydrogens is 358 g/mol. The maximum atomic E-state index is 11.5. The number of carbonyl (C=O) groups excluding carboxylic acids is 1. The number of thioether (sulfide) groups is 1. The van der Waals surface area contributed by atoms with Crippen LogP contribution in [-0.2, 0) is 9.59 Å². The van der Waals surface area contributed by atoms with Crippen LogP contribution < -0.4 is 5.32 Å². The highest BCUT2D eigenvalue weighted by Gasteiger charge is 2.32. The Hall–Kier alpha value is -1.67. The van der Waals surface area contributed by atoms with Gasteiger partial charge in [0.15, 0.2) is 5.17 Å². The molecule has 21 heavy (non-hydrogen) atoms. The number of amides is 1. The number of nitrogens with one attached hydrogen (secondary N) is 1. The molecule has 1 atom stereocenters. The van der Waals surface area contributed by atoms with Gasteiger partial charge < -0.3 is 10.4 Å². The third-order valence-electron chi connectivity index (χ3n) is 2.69. The summed E-state index contributed by atoms with van der Waals surface area (Å²) in [7, 11) is 0. The normalized spacial score (nSPS) is 20.7. The van der Waals surface area contributed by atoms with Gasteiger partial charge in [-0.15, -0.1) is 5.10 Å². The van der Waals surface area contributed by atoms with E-state index in [0.29, 0.717) is 10.9 Å². The number of halogens is 1. The summed E-state index contributed by atoms with van der Waals surface area (Å²) >= 11 is 4.43. The van der Waals surface area contributed by atoms with E-state index in [9.17, 15) is 9.59 Å². The van der Waals surface area contributed by atoms with Gasteiger partial charge >= 0.3 is 5.97 Å². The lowest BCUT2D eigenvalue weighted by Crippen LogP contribution is -2.26. The second-order valence-electron chi connectivity index (χ2n) is 4.29. The summed E-state index contributed by atoms with van der Waals surface area (Å²) in [6.07, 6.45) is -0.231. The number of aliphatic carboxylic acids is 1. The fourth-order valence-electron chi connectivity index (χ4n) is 1.61. The molecule has 1 heterocycles. The third kappa shape index (κ3) is 4.40. The Kier molecular flexibility index (Phi) is 5.13. The van der Waals surface area contributed by atoms with Crippen LogP contribution in [0.1, 0.15) is 18.9 Å². The quantitative estimate of drug-likeness (QED) is 0.628. The van der Waals surface area contributed by atoms with E-state index in [1.165, 1.54) is 0 Å². The van der Waals surface area contributed by atoms with Crippen LogP contribution in [0.15, 0.2) is 38.9 Å². The highest BCUT2D eigenvalue weighted by molar-refractivity contribution is 9.10. The molecule has 0 spiro atoms. The summed E-state index contributed by atoms with van der Waals surface area (Å²) in [5, 5.41) is 18.9. The second kappa shape index (κ2) is 6.86. The van der Waals surface area contributed by atoms with E-state index >= 15 is 0 Å². The Balaban J connectivity index is 2.07. The summed E-state index contributed by atoms with van der Waals surface area (Å²) < 4.78 is 0.973. The summed E-state index contributed by atoms with van der Waals surface area (Å²) in [5.41, 5.74) is 1.62. The minimum absolute atomic E-state index is 0.231. The van der Waals surface area contributed by atoms with Crippen LogP contribution in [0, 0.1) is 0 Å². The van der Waals surface area contributed by atoms with Crippen LogP contribution in [0.2, 0.25) is 0 Å². The number of carbonyl (C=O) groups is 2. The molecule has 110 valence electrons. The molecule has 8 heteroatoms. The van der Waals surface area contributed by atoms with Crippen LogP contribution in [0.5, 0.6) is 0 Å². The fraction of sp³-hybridized carbons (Fsp3) is 0.231. The zero-order valence-electron chi connectivity index (χ0n) is 11.0. The van der Waals surface area contributed by atoms with Gasteiger partial charge in [-0.05, 0) is 24.6 Å². The third-order valence-corrected chi connectivity index (χ3v) is 4.29. The number of carboxylic acids is 1. The van der Waals surface area contributed by atoms with Gasteiger partial charge in [0.1, 0.15) is 5.25 Å². The first kappa shape index (κ1) is 15.7. The molecule has 1 aliphatic heterocycles. The molecule has 1 aromatic rings. The number of hydrogen-bond donors (Lipinski definition) is 2. The van der Waals surface area contributed by atoms with Crippen LogP contribution in [0.3, 0.4) is 0 Å². The fourth-order valence-corrected chi connectivity index (χ4v) is 2.79. The Morgan fingerprint density at radius 1 is 1.43 bits per heavy atom. The first-order valence-corrected chi connectivity index (χ1v) is 7.70. The summed E-state index contributed by atoms with van der Waals surface area (Å²) in [4.78, 5) is 22.2. The van der Waals surface area contributed by atoms with E-state index in [2.05, 4.69) is 31.4 Å². The van der Waals surface area contributed by atoms with Gasteiger partial charge in [-0.25, -0.2) is 0 Å². The second-order valence-corrected chi connectivity index (χ2v) is 6.40. The molecule has 1 aromatic carbocycles. The molecule has 1 amide bonds. The molecule has 2 rings (SSSR count). The van der Waals surface area contributed by atoms with Crippen molar-refractivity contribution in [1.82, 2.24) is 5.32 Å². The predicted molar refractivity (Wildman–Crippen MR) is 85.6 cm³/mol. The van der Waals surface area contributed by atoms with Crippen molar-refractivity contribution in [1.29, 1.82) is 0 Å². The zero-order valence-corrected chi connectivity index (χ0v) is 13.4. The van der Waals surface area contributed by atoms with Crippen molar-refractivity contribution >= 4 is 50.4 Å². The van der Waals surface area contributed by atoms with E-state index in [1.54, 1.807) is 0 Å². The van der Waals surface area contributed by atoms with Crippen molar-refractivity contribution < 1.29 is 14.7 Å². The van der Waals surface area contributed by atoms with Gasteiger partial charge in [-0.1, -0.05) is 39.8 Å². The van der Waals surface area contributed by atoms with E-state index in [1.807, 2.05) is 31.2 Å². The number of amidine groups is 1. The van der Waals surface area contributed by atoms with Crippen LogP contribution in [0.4, 0.5) is 0 Å². The molecule has 0 aliphatic carbocycles. The topological polar surface area (TPSA) is 91.1 Å². The van der Waals surface area contributed by atoms with Crippen molar-refractivity contribution in [2.24, 2.45) is 10.2 Å². The number of rotatable bonds is 4. The van der Waals surface area contributed by atoms with Crippen molar-refractivity contribution in [2.45, 2.75) is 18.6 Å². The predicted octanol–water partition coefficient (Wildman–Crippen LogP) is 2.24. The van der Waals surface area contributed by atoms with Gasteiger partial charge in [0.25, 0.3) is 0 Å². The SMILES string of the molecule is C/C(=N/N=C1/NC(=O)[C@@H](CC(=O)O)S1)c1ccc(Br)cc1. The van der Waals surface area contributed by atoms with E-state index in [4.69, 9.17) is 5.11 Å². The van der Waals surface area contributed by atoms with Crippen molar-refractivity contribution in [3.63, 3.8) is 0 Å². The van der Waals surface area contributed by atoms with Crippen molar-refractivity contribution in [3.05, 3.63) is 34.3 Å². The van der Waals surface area contributed by atoms with Crippen molar-refractivity contribution in [3.8, 4) is 0 Å². The number of hydrogen-bond acceptors (Lipinski definition) is 5. The maximum Gasteiger partial charge on any atom is 0.305 e. The minimum Gasteiger partial charge on any atom is -0.481 e. The Bertz CT molecular complexity index is 628. The van der Waals surface area contributed by atoms with Crippen LogP contribution in [-0.4, -0.2) is 33.1 Å². The molecule has 1 fully saturated rings. The lowest BCUT2D eigenvalue weighted by Gasteiger charge is -1.99. The monoisotopic (exact) mass is 369 g/mol. The summed E-state index contributed by atoms with van der Waals surface area (Å²) in [5.74, 6) is -1.36. The number of benzene rings is 1. The first-order chi connectivity index (χ1) is 9.95. The smallest absolute Gasteiger partial charge is 0.305 e. The van der Waals surface area contributed by atoms with Gasteiger partial charge in [0.2, 0.25) is 5.91 Å². The highest BCUT2D eigenvalue weighted by Crippen LogP contribution is 2.22. The summed E-state index contributed by atoms with van der Waals surface area (Å²) in [6, 6.07) is 7.60. The van der Waals surface area contributed by atoms with Crippen molar-refractivity contribution in [2.75, 3.05) is 0 Å². The number of nitrogens with zero attached hydrogens (tertiary/aromatic N) is 2. The first-order valence-electron chi connectivity index (χ1n) is 6.03. The van der Waals surface area contributed by atoms with Crippen LogP contribution in [0.25, 0.3) is 0 Å². The zero-order chi connectivity index (χ0) is 15.4. The Labute approximate surface area is 133 Å². The van der Waals surface area contributed by atoms with Gasteiger partial charge in [-0.3, -0.25) is 9.59 Å². The number of carboxylic acid groups (broad SMARTS) is 1. The van der Waals surface area contributed by atoms with E-state index in [-0.39, 0.29) is 12.3 Å². The average molecular weight is 370 g/mol.